The van der Waals surface area contributed by atoms with Gasteiger partial charge in [0, 0.05) is 30.6 Å². The molecule has 0 aromatic heterocycles. The normalized spacial score (nSPS) is 13.3. The van der Waals surface area contributed by atoms with Crippen LogP contribution in [-0.4, -0.2) is 34.0 Å². The number of rotatable bonds is 15. The topological polar surface area (TPSA) is 0 Å². The van der Waals surface area contributed by atoms with Crippen molar-refractivity contribution < 1.29 is 0 Å². The predicted molar refractivity (Wildman–Crippen MR) is 151 cm³/mol. The predicted octanol–water partition coefficient (Wildman–Crippen LogP) is 8.81. The van der Waals surface area contributed by atoms with Gasteiger partial charge in [0.05, 0.1) is 0 Å². The van der Waals surface area contributed by atoms with E-state index in [2.05, 4.69) is 99.4 Å². The maximum absolute atomic E-state index is 4.51. The van der Waals surface area contributed by atoms with Crippen molar-refractivity contribution in [1.82, 2.24) is 0 Å². The van der Waals surface area contributed by atoms with E-state index < -0.39 is 0 Å². The molecule has 166 valence electrons. The van der Waals surface area contributed by atoms with Gasteiger partial charge in [-0.2, -0.15) is 37.0 Å². The Hall–Kier alpha value is 0.540. The van der Waals surface area contributed by atoms with E-state index in [1.54, 1.807) is 0 Å². The fourth-order valence-corrected chi connectivity index (χ4v) is 7.29. The quantitative estimate of drug-likeness (QED) is 0.180. The molecule has 0 radical (unpaired) electrons. The third kappa shape index (κ3) is 10.9. The first-order valence-corrected chi connectivity index (χ1v) is 15.7. The van der Waals surface area contributed by atoms with Gasteiger partial charge >= 0.3 is 0 Å². The summed E-state index contributed by atoms with van der Waals surface area (Å²) < 4.78 is 0. The Kier molecular flexibility index (Phi) is 14.5. The summed E-state index contributed by atoms with van der Waals surface area (Å²) in [5, 5.41) is 0.683. The first kappa shape index (κ1) is 26.8. The maximum Gasteiger partial charge on any atom is 0.0143 e. The van der Waals surface area contributed by atoms with E-state index in [9.17, 15) is 0 Å². The number of thiol groups is 2. The second-order valence-corrected chi connectivity index (χ2v) is 12.9. The van der Waals surface area contributed by atoms with Crippen LogP contribution in [0.1, 0.15) is 33.1 Å². The highest BCUT2D eigenvalue weighted by atomic mass is 32.2. The van der Waals surface area contributed by atoms with Gasteiger partial charge < -0.3 is 0 Å². The Morgan fingerprint density at radius 1 is 0.700 bits per heavy atom. The molecule has 0 aliphatic rings. The van der Waals surface area contributed by atoms with Crippen LogP contribution in [0.25, 0.3) is 0 Å². The standard InChI is InChI=1S/C24H34S6/c1-3-14-27-24(18-26)13-16-29-21-6-10-23(11-7-21)30-22-8-4-20(5-9-22)28-15-12-19(2)17-25/h4-11,19,24-26H,3,12-18H2,1-2H3. The zero-order chi connectivity index (χ0) is 21.6. The van der Waals surface area contributed by atoms with Crippen molar-refractivity contribution in [3.05, 3.63) is 48.5 Å². The number of hydrogen-bond acceptors (Lipinski definition) is 6. The molecule has 2 rings (SSSR count). The summed E-state index contributed by atoms with van der Waals surface area (Å²) in [6.07, 6.45) is 3.70. The number of thioether (sulfide) groups is 3. The highest BCUT2D eigenvalue weighted by Crippen LogP contribution is 2.32. The lowest BCUT2D eigenvalue weighted by molar-refractivity contribution is 0.645. The van der Waals surface area contributed by atoms with Gasteiger partial charge in [-0.3, -0.25) is 0 Å². The molecule has 2 aromatic rings. The van der Waals surface area contributed by atoms with Crippen molar-refractivity contribution in [2.45, 2.75) is 57.9 Å². The van der Waals surface area contributed by atoms with Gasteiger partial charge in [0.25, 0.3) is 0 Å². The van der Waals surface area contributed by atoms with Crippen molar-refractivity contribution in [1.29, 1.82) is 0 Å². The van der Waals surface area contributed by atoms with Gasteiger partial charge in [-0.1, -0.05) is 25.6 Å². The Bertz CT molecular complexity index is 686. The van der Waals surface area contributed by atoms with E-state index >= 15 is 0 Å². The monoisotopic (exact) mass is 514 g/mol. The van der Waals surface area contributed by atoms with Gasteiger partial charge in [0.15, 0.2) is 0 Å². The molecular formula is C24H34S6. The van der Waals surface area contributed by atoms with E-state index in [0.29, 0.717) is 11.2 Å². The fraction of sp³-hybridized carbons (Fsp3) is 0.500. The summed E-state index contributed by atoms with van der Waals surface area (Å²) in [6, 6.07) is 18.0. The smallest absolute Gasteiger partial charge is 0.0143 e. The number of benzene rings is 2. The van der Waals surface area contributed by atoms with Crippen molar-refractivity contribution in [2.24, 2.45) is 5.92 Å². The zero-order valence-corrected chi connectivity index (χ0v) is 23.0. The second kappa shape index (κ2) is 16.2. The van der Waals surface area contributed by atoms with E-state index in [1.807, 2.05) is 35.3 Å². The maximum atomic E-state index is 4.51. The molecule has 6 heteroatoms. The van der Waals surface area contributed by atoms with Crippen molar-refractivity contribution in [3.63, 3.8) is 0 Å². The molecule has 0 bridgehead atoms. The van der Waals surface area contributed by atoms with E-state index in [0.717, 1.165) is 11.5 Å². The van der Waals surface area contributed by atoms with Crippen LogP contribution in [0.5, 0.6) is 0 Å². The Labute approximate surface area is 212 Å². The summed E-state index contributed by atoms with van der Waals surface area (Å²) in [4.78, 5) is 5.32. The molecule has 0 fully saturated rings. The number of hydrogen-bond donors (Lipinski definition) is 2. The molecule has 0 amide bonds. The second-order valence-electron chi connectivity index (χ2n) is 7.28. The molecule has 0 heterocycles. The molecule has 2 aromatic carbocycles. The molecule has 2 atom stereocenters. The molecule has 0 nitrogen and oxygen atoms in total. The highest BCUT2D eigenvalue weighted by molar-refractivity contribution is 8.01. The van der Waals surface area contributed by atoms with E-state index in [4.69, 9.17) is 0 Å². The average Bonchev–Trinajstić information content (AvgIpc) is 2.78. The van der Waals surface area contributed by atoms with Gasteiger partial charge in [0.1, 0.15) is 0 Å². The molecule has 30 heavy (non-hydrogen) atoms. The van der Waals surface area contributed by atoms with Crippen LogP contribution < -0.4 is 0 Å². The Morgan fingerprint density at radius 3 is 1.67 bits per heavy atom. The van der Waals surface area contributed by atoms with Crippen LogP contribution in [0.15, 0.2) is 68.1 Å². The molecule has 0 saturated heterocycles. The largest absolute Gasteiger partial charge is 0.179 e. The zero-order valence-electron chi connectivity index (χ0n) is 18.0. The molecule has 0 aliphatic heterocycles. The lowest BCUT2D eigenvalue weighted by atomic mass is 10.2. The fourth-order valence-electron chi connectivity index (χ4n) is 2.63. The lowest BCUT2D eigenvalue weighted by Gasteiger charge is -2.13. The van der Waals surface area contributed by atoms with Gasteiger partial charge in [-0.05, 0) is 96.7 Å². The minimum atomic E-state index is 0.683. The molecule has 0 saturated carbocycles. The third-order valence-electron chi connectivity index (χ3n) is 4.54. The summed E-state index contributed by atoms with van der Waals surface area (Å²) in [7, 11) is 0. The minimum Gasteiger partial charge on any atom is -0.179 e. The van der Waals surface area contributed by atoms with Crippen LogP contribution in [-0.2, 0) is 0 Å². The highest BCUT2D eigenvalue weighted by Gasteiger charge is 2.07. The molecule has 2 unspecified atom stereocenters. The van der Waals surface area contributed by atoms with Crippen LogP contribution in [0.2, 0.25) is 0 Å². The van der Waals surface area contributed by atoms with Gasteiger partial charge in [-0.15, -0.1) is 23.5 Å². The van der Waals surface area contributed by atoms with Gasteiger partial charge in [0.2, 0.25) is 0 Å². The van der Waals surface area contributed by atoms with E-state index in [1.165, 1.54) is 56.1 Å². The van der Waals surface area contributed by atoms with Crippen molar-refractivity contribution in [3.8, 4) is 0 Å². The summed E-state index contributed by atoms with van der Waals surface area (Å²) in [5.74, 6) is 6.23. The van der Waals surface area contributed by atoms with E-state index in [-0.39, 0.29) is 0 Å². The summed E-state index contributed by atoms with van der Waals surface area (Å²) >= 11 is 16.7. The Morgan fingerprint density at radius 2 is 1.20 bits per heavy atom. The minimum absolute atomic E-state index is 0.683. The Balaban J connectivity index is 1.74. The molecule has 0 aliphatic carbocycles. The van der Waals surface area contributed by atoms with Crippen LogP contribution in [0.4, 0.5) is 0 Å². The summed E-state index contributed by atoms with van der Waals surface area (Å²) in [6.45, 7) is 4.51. The van der Waals surface area contributed by atoms with Crippen molar-refractivity contribution >= 4 is 72.3 Å². The van der Waals surface area contributed by atoms with Crippen LogP contribution >= 0.6 is 72.3 Å². The first-order chi connectivity index (χ1) is 14.6. The molecular weight excluding hydrogens is 481 g/mol. The van der Waals surface area contributed by atoms with Gasteiger partial charge in [-0.25, -0.2) is 0 Å². The van der Waals surface area contributed by atoms with Crippen molar-refractivity contribution in [2.75, 3.05) is 28.8 Å². The van der Waals surface area contributed by atoms with Crippen LogP contribution in [0.3, 0.4) is 0 Å². The third-order valence-corrected chi connectivity index (χ3v) is 10.5. The first-order valence-electron chi connectivity index (χ1n) is 10.6. The average molecular weight is 515 g/mol. The lowest BCUT2D eigenvalue weighted by Crippen LogP contribution is -2.06. The molecule has 0 spiro atoms. The SMILES string of the molecule is CCCSC(CS)CCSc1ccc(Sc2ccc(SCCC(C)CS)cc2)cc1. The van der Waals surface area contributed by atoms with Crippen LogP contribution in [0, 0.1) is 5.92 Å². The summed E-state index contributed by atoms with van der Waals surface area (Å²) in [5.41, 5.74) is 0. The molecule has 0 N–H and O–H groups in total.